The van der Waals surface area contributed by atoms with Gasteiger partial charge in [-0.15, -0.1) is 0 Å². The van der Waals surface area contributed by atoms with Gasteiger partial charge in [0.2, 0.25) is 0 Å². The number of rotatable bonds is 4. The standard InChI is InChI=1S/C14H20F2N2O2S/c1-21(19,20)10-5-2-4-9(8-10)14(18-17)13-11(15)6-3-7-12(13)16/h3,6-7,9-10,14,18H,2,4-5,8,17H2,1H3. The summed E-state index contributed by atoms with van der Waals surface area (Å²) in [5, 5.41) is -0.470. The molecule has 1 fully saturated rings. The van der Waals surface area contributed by atoms with Crippen LogP contribution >= 0.6 is 0 Å². The van der Waals surface area contributed by atoms with Crippen molar-refractivity contribution in [1.82, 2.24) is 5.43 Å². The molecule has 1 saturated carbocycles. The minimum absolute atomic E-state index is 0.112. The maximum absolute atomic E-state index is 13.9. The van der Waals surface area contributed by atoms with Crippen LogP contribution in [0, 0.1) is 17.6 Å². The SMILES string of the molecule is CS(=O)(=O)C1CCCC(C(NN)c2c(F)cccc2F)C1. The molecule has 0 bridgehead atoms. The van der Waals surface area contributed by atoms with Gasteiger partial charge < -0.3 is 0 Å². The van der Waals surface area contributed by atoms with Gasteiger partial charge in [0, 0.05) is 11.8 Å². The molecule has 1 aromatic carbocycles. The summed E-state index contributed by atoms with van der Waals surface area (Å²) in [6.07, 6.45) is 3.55. The molecule has 3 atom stereocenters. The summed E-state index contributed by atoms with van der Waals surface area (Å²) in [5.74, 6) is 3.95. The van der Waals surface area contributed by atoms with E-state index in [1.54, 1.807) is 0 Å². The van der Waals surface area contributed by atoms with E-state index in [0.29, 0.717) is 25.7 Å². The number of hydrogen-bond donors (Lipinski definition) is 2. The highest BCUT2D eigenvalue weighted by Gasteiger charge is 2.35. The Hall–Kier alpha value is -1.05. The third kappa shape index (κ3) is 3.59. The second-order valence-corrected chi connectivity index (χ2v) is 7.98. The Morgan fingerprint density at radius 3 is 2.43 bits per heavy atom. The van der Waals surface area contributed by atoms with Gasteiger partial charge in [0.25, 0.3) is 0 Å². The van der Waals surface area contributed by atoms with Crippen LogP contribution in [0.15, 0.2) is 18.2 Å². The van der Waals surface area contributed by atoms with Crippen molar-refractivity contribution in [1.29, 1.82) is 0 Å². The Bertz CT molecular complexity index is 587. The topological polar surface area (TPSA) is 72.2 Å². The van der Waals surface area contributed by atoms with Crippen molar-refractivity contribution in [3.05, 3.63) is 35.4 Å². The highest BCUT2D eigenvalue weighted by molar-refractivity contribution is 7.91. The molecule has 1 aromatic rings. The van der Waals surface area contributed by atoms with E-state index in [1.807, 2.05) is 0 Å². The predicted octanol–water partition coefficient (Wildman–Crippen LogP) is 2.07. The van der Waals surface area contributed by atoms with Gasteiger partial charge in [-0.05, 0) is 37.3 Å². The van der Waals surface area contributed by atoms with Gasteiger partial charge in [-0.25, -0.2) is 17.2 Å². The summed E-state index contributed by atoms with van der Waals surface area (Å²) in [6.45, 7) is 0. The van der Waals surface area contributed by atoms with E-state index in [-0.39, 0.29) is 11.5 Å². The zero-order valence-corrected chi connectivity index (χ0v) is 12.7. The van der Waals surface area contributed by atoms with E-state index < -0.39 is 32.8 Å². The van der Waals surface area contributed by atoms with Gasteiger partial charge in [-0.2, -0.15) is 0 Å². The van der Waals surface area contributed by atoms with Crippen LogP contribution in [0.25, 0.3) is 0 Å². The fourth-order valence-electron chi connectivity index (χ4n) is 3.14. The minimum atomic E-state index is -3.16. The first kappa shape index (κ1) is 16.3. The third-order valence-corrected chi connectivity index (χ3v) is 5.87. The quantitative estimate of drug-likeness (QED) is 0.658. The zero-order chi connectivity index (χ0) is 15.6. The summed E-state index contributed by atoms with van der Waals surface area (Å²) >= 11 is 0. The summed E-state index contributed by atoms with van der Waals surface area (Å²) in [5.41, 5.74) is 2.36. The molecule has 4 nitrogen and oxygen atoms in total. The summed E-state index contributed by atoms with van der Waals surface area (Å²) in [4.78, 5) is 0. The molecule has 3 N–H and O–H groups in total. The largest absolute Gasteiger partial charge is 0.271 e. The van der Waals surface area contributed by atoms with Crippen LogP contribution in [-0.2, 0) is 9.84 Å². The van der Waals surface area contributed by atoms with Gasteiger partial charge in [0.15, 0.2) is 0 Å². The Balaban J connectivity index is 2.29. The molecule has 118 valence electrons. The molecule has 0 radical (unpaired) electrons. The highest BCUT2D eigenvalue weighted by atomic mass is 32.2. The van der Waals surface area contributed by atoms with Crippen LogP contribution in [0.4, 0.5) is 8.78 Å². The van der Waals surface area contributed by atoms with Crippen molar-refractivity contribution in [2.75, 3.05) is 6.26 Å². The molecule has 3 unspecified atom stereocenters. The smallest absolute Gasteiger partial charge is 0.150 e. The molecule has 0 heterocycles. The van der Waals surface area contributed by atoms with Crippen molar-refractivity contribution < 1.29 is 17.2 Å². The first-order valence-corrected chi connectivity index (χ1v) is 8.89. The molecule has 0 aromatic heterocycles. The molecule has 0 spiro atoms. The maximum Gasteiger partial charge on any atom is 0.150 e. The fraction of sp³-hybridized carbons (Fsp3) is 0.571. The Morgan fingerprint density at radius 2 is 1.90 bits per heavy atom. The van der Waals surface area contributed by atoms with E-state index in [2.05, 4.69) is 5.43 Å². The molecule has 1 aliphatic rings. The van der Waals surface area contributed by atoms with Crippen LogP contribution in [0.5, 0.6) is 0 Å². The van der Waals surface area contributed by atoms with E-state index >= 15 is 0 Å². The average Bonchev–Trinajstić information content (AvgIpc) is 2.42. The van der Waals surface area contributed by atoms with Gasteiger partial charge in [-0.3, -0.25) is 11.3 Å². The molecule has 7 heteroatoms. The van der Waals surface area contributed by atoms with E-state index in [4.69, 9.17) is 5.84 Å². The van der Waals surface area contributed by atoms with Gasteiger partial charge >= 0.3 is 0 Å². The van der Waals surface area contributed by atoms with Crippen molar-refractivity contribution in [3.63, 3.8) is 0 Å². The second kappa shape index (κ2) is 6.37. The Kier molecular flexibility index (Phi) is 4.95. The molecule has 2 rings (SSSR count). The van der Waals surface area contributed by atoms with Crippen molar-refractivity contribution in [2.45, 2.75) is 37.0 Å². The Morgan fingerprint density at radius 1 is 1.29 bits per heavy atom. The van der Waals surface area contributed by atoms with Crippen LogP contribution < -0.4 is 11.3 Å². The summed E-state index contributed by atoms with van der Waals surface area (Å²) < 4.78 is 51.3. The lowest BCUT2D eigenvalue weighted by Crippen LogP contribution is -2.39. The molecular weight excluding hydrogens is 298 g/mol. The molecule has 0 amide bonds. The van der Waals surface area contributed by atoms with E-state index in [9.17, 15) is 17.2 Å². The second-order valence-electron chi connectivity index (χ2n) is 5.66. The number of halogens is 2. The number of hydrazine groups is 1. The van der Waals surface area contributed by atoms with Gasteiger partial charge in [0.05, 0.1) is 11.3 Å². The lowest BCUT2D eigenvalue weighted by Gasteiger charge is -2.34. The van der Waals surface area contributed by atoms with Crippen LogP contribution in [0.3, 0.4) is 0 Å². The maximum atomic E-state index is 13.9. The summed E-state index contributed by atoms with van der Waals surface area (Å²) in [6, 6.07) is 2.93. The first-order chi connectivity index (χ1) is 9.84. The molecule has 21 heavy (non-hydrogen) atoms. The summed E-state index contributed by atoms with van der Waals surface area (Å²) in [7, 11) is -3.16. The lowest BCUT2D eigenvalue weighted by molar-refractivity contribution is 0.264. The monoisotopic (exact) mass is 318 g/mol. The predicted molar refractivity (Wildman–Crippen MR) is 77.0 cm³/mol. The number of nitrogens with two attached hydrogens (primary N) is 1. The number of benzene rings is 1. The van der Waals surface area contributed by atoms with E-state index in [1.165, 1.54) is 24.5 Å². The number of hydrogen-bond acceptors (Lipinski definition) is 4. The van der Waals surface area contributed by atoms with Gasteiger partial charge in [-0.1, -0.05) is 12.5 Å². The minimum Gasteiger partial charge on any atom is -0.271 e. The van der Waals surface area contributed by atoms with Crippen LogP contribution in [-0.4, -0.2) is 19.9 Å². The third-order valence-electron chi connectivity index (χ3n) is 4.23. The van der Waals surface area contributed by atoms with Crippen LogP contribution in [0.1, 0.15) is 37.3 Å². The average molecular weight is 318 g/mol. The number of nitrogens with one attached hydrogen (secondary N) is 1. The number of sulfone groups is 1. The lowest BCUT2D eigenvalue weighted by atomic mass is 9.81. The van der Waals surface area contributed by atoms with Crippen molar-refractivity contribution in [3.8, 4) is 0 Å². The van der Waals surface area contributed by atoms with Gasteiger partial charge in [0.1, 0.15) is 21.5 Å². The first-order valence-electron chi connectivity index (χ1n) is 6.93. The van der Waals surface area contributed by atoms with Crippen molar-refractivity contribution in [2.24, 2.45) is 11.8 Å². The normalized spacial score (nSPS) is 24.8. The molecule has 0 saturated heterocycles. The highest BCUT2D eigenvalue weighted by Crippen LogP contribution is 2.38. The Labute approximate surface area is 123 Å². The fourth-order valence-corrected chi connectivity index (χ4v) is 4.33. The van der Waals surface area contributed by atoms with Crippen LogP contribution in [0.2, 0.25) is 0 Å². The molecule has 0 aliphatic heterocycles. The molecule has 1 aliphatic carbocycles. The molecular formula is C14H20F2N2O2S. The zero-order valence-electron chi connectivity index (χ0n) is 11.9. The van der Waals surface area contributed by atoms with Crippen molar-refractivity contribution >= 4 is 9.84 Å². The van der Waals surface area contributed by atoms with E-state index in [0.717, 1.165) is 0 Å².